The number of anilines is 1. The predicted octanol–water partition coefficient (Wildman–Crippen LogP) is 3.83. The lowest BCUT2D eigenvalue weighted by atomic mass is 9.84. The topological polar surface area (TPSA) is 107 Å². The minimum atomic E-state index is -1.10. The molecule has 0 spiro atoms. The maximum atomic E-state index is 12.9. The summed E-state index contributed by atoms with van der Waals surface area (Å²) >= 11 is 0. The number of hydrogen-bond acceptors (Lipinski definition) is 6. The number of carbonyl (C=O) groups excluding carboxylic acids is 4. The van der Waals surface area contributed by atoms with Crippen LogP contribution in [0.4, 0.5) is 5.69 Å². The van der Waals surface area contributed by atoms with Crippen molar-refractivity contribution in [3.63, 3.8) is 0 Å². The molecule has 5 rings (SSSR count). The number of ketones is 2. The number of esters is 1. The summed E-state index contributed by atoms with van der Waals surface area (Å²) in [6.45, 7) is 1.45. The Labute approximate surface area is 200 Å². The van der Waals surface area contributed by atoms with Gasteiger partial charge in [0.15, 0.2) is 17.7 Å². The Balaban J connectivity index is 1.26. The largest absolute Gasteiger partial charge is 0.449 e. The second-order valence-electron chi connectivity index (χ2n) is 8.00. The monoisotopic (exact) mass is 465 g/mol. The van der Waals surface area contributed by atoms with E-state index in [4.69, 9.17) is 4.74 Å². The first-order valence-electron chi connectivity index (χ1n) is 10.9. The molecule has 0 saturated heterocycles. The molecule has 1 atom stereocenters. The molecule has 8 nitrogen and oxygen atoms in total. The van der Waals surface area contributed by atoms with E-state index < -0.39 is 18.0 Å². The molecule has 3 aromatic carbocycles. The lowest BCUT2D eigenvalue weighted by molar-refractivity contribution is -0.123. The maximum Gasteiger partial charge on any atom is 0.338 e. The van der Waals surface area contributed by atoms with Gasteiger partial charge in [0.2, 0.25) is 0 Å². The fourth-order valence-corrected chi connectivity index (χ4v) is 3.87. The van der Waals surface area contributed by atoms with Gasteiger partial charge in [-0.05, 0) is 55.5 Å². The summed E-state index contributed by atoms with van der Waals surface area (Å²) in [6, 6.07) is 19.6. The van der Waals surface area contributed by atoms with Crippen LogP contribution in [0.2, 0.25) is 0 Å². The van der Waals surface area contributed by atoms with Gasteiger partial charge in [0.25, 0.3) is 5.91 Å². The lowest BCUT2D eigenvalue weighted by Gasteiger charge is -2.19. The number of amides is 1. The van der Waals surface area contributed by atoms with Crippen molar-refractivity contribution in [2.75, 3.05) is 5.32 Å². The Morgan fingerprint density at radius 1 is 0.857 bits per heavy atom. The predicted molar refractivity (Wildman–Crippen MR) is 127 cm³/mol. The van der Waals surface area contributed by atoms with Crippen LogP contribution < -0.4 is 5.32 Å². The molecule has 1 aliphatic rings. The van der Waals surface area contributed by atoms with Crippen LogP contribution in [0.5, 0.6) is 0 Å². The number of aromatic nitrogens is 2. The van der Waals surface area contributed by atoms with E-state index >= 15 is 0 Å². The van der Waals surface area contributed by atoms with E-state index in [2.05, 4.69) is 10.4 Å². The molecule has 8 heteroatoms. The van der Waals surface area contributed by atoms with Crippen LogP contribution >= 0.6 is 0 Å². The van der Waals surface area contributed by atoms with E-state index in [0.717, 1.165) is 5.69 Å². The van der Waals surface area contributed by atoms with Crippen LogP contribution in [0.15, 0.2) is 85.2 Å². The molecule has 172 valence electrons. The molecule has 35 heavy (non-hydrogen) atoms. The molecule has 1 amide bonds. The number of nitrogens with one attached hydrogen (secondary N) is 1. The molecular weight excluding hydrogens is 446 g/mol. The first kappa shape index (κ1) is 22.0. The summed E-state index contributed by atoms with van der Waals surface area (Å²) < 4.78 is 6.96. The van der Waals surface area contributed by atoms with Gasteiger partial charge in [0.1, 0.15) is 0 Å². The Morgan fingerprint density at radius 2 is 1.51 bits per heavy atom. The van der Waals surface area contributed by atoms with Crippen molar-refractivity contribution in [1.82, 2.24) is 9.78 Å². The quantitative estimate of drug-likeness (QED) is 0.395. The summed E-state index contributed by atoms with van der Waals surface area (Å²) in [7, 11) is 0. The normalized spacial score (nSPS) is 12.9. The van der Waals surface area contributed by atoms with Gasteiger partial charge in [-0.1, -0.05) is 24.3 Å². The highest BCUT2D eigenvalue weighted by molar-refractivity contribution is 6.28. The minimum absolute atomic E-state index is 0.216. The standard InChI is InChI=1S/C27H19N3O5/c1-16(35-27(34)17-7-10-19(11-8-17)30-14-4-13-28-30)26(33)29-18-9-12-22-23(15-18)25(32)21-6-3-2-5-20(21)24(22)31/h2-16H,1H3,(H,29,33). The van der Waals surface area contributed by atoms with E-state index in [1.54, 1.807) is 77.7 Å². The van der Waals surface area contributed by atoms with E-state index in [1.807, 2.05) is 0 Å². The Hall–Kier alpha value is -4.85. The number of carbonyl (C=O) groups is 4. The van der Waals surface area contributed by atoms with Gasteiger partial charge in [-0.2, -0.15) is 5.10 Å². The molecule has 1 aromatic heterocycles. The number of hydrogen-bond donors (Lipinski definition) is 1. The van der Waals surface area contributed by atoms with Crippen LogP contribution in [-0.2, 0) is 9.53 Å². The molecule has 0 bridgehead atoms. The van der Waals surface area contributed by atoms with Crippen molar-refractivity contribution in [1.29, 1.82) is 0 Å². The van der Waals surface area contributed by atoms with E-state index in [9.17, 15) is 19.2 Å². The fraction of sp³-hybridized carbons (Fsp3) is 0.0741. The molecule has 4 aromatic rings. The van der Waals surface area contributed by atoms with Crippen LogP contribution in [0.1, 0.15) is 49.1 Å². The number of fused-ring (bicyclic) bond motifs is 2. The third kappa shape index (κ3) is 4.13. The average Bonchev–Trinajstić information content (AvgIpc) is 3.42. The molecule has 0 aliphatic heterocycles. The second-order valence-corrected chi connectivity index (χ2v) is 8.00. The van der Waals surface area contributed by atoms with Crippen LogP contribution in [0.25, 0.3) is 5.69 Å². The summed E-state index contributed by atoms with van der Waals surface area (Å²) in [5.41, 5.74) is 2.57. The molecule has 1 N–H and O–H groups in total. The van der Waals surface area contributed by atoms with Gasteiger partial charge in [-0.15, -0.1) is 0 Å². The average molecular weight is 465 g/mol. The SMILES string of the molecule is CC(OC(=O)c1ccc(-n2cccn2)cc1)C(=O)Nc1ccc2c(c1)C(=O)c1ccccc1C2=O. The van der Waals surface area contributed by atoms with Gasteiger partial charge >= 0.3 is 5.97 Å². The highest BCUT2D eigenvalue weighted by Gasteiger charge is 2.29. The van der Waals surface area contributed by atoms with Gasteiger partial charge in [-0.25, -0.2) is 9.48 Å². The summed E-state index contributed by atoms with van der Waals surface area (Å²) in [6.07, 6.45) is 2.34. The second kappa shape index (κ2) is 8.83. The van der Waals surface area contributed by atoms with Crippen molar-refractivity contribution in [2.24, 2.45) is 0 Å². The number of benzene rings is 3. The van der Waals surface area contributed by atoms with Crippen molar-refractivity contribution in [3.05, 3.63) is 113 Å². The third-order valence-corrected chi connectivity index (χ3v) is 5.72. The van der Waals surface area contributed by atoms with Gasteiger partial charge in [0.05, 0.1) is 11.3 Å². The molecular formula is C27H19N3O5. The Kier molecular flexibility index (Phi) is 5.54. The number of rotatable bonds is 5. The summed E-state index contributed by atoms with van der Waals surface area (Å²) in [5.74, 6) is -1.75. The van der Waals surface area contributed by atoms with E-state index in [-0.39, 0.29) is 28.3 Å². The van der Waals surface area contributed by atoms with Crippen LogP contribution in [0.3, 0.4) is 0 Å². The Bertz CT molecular complexity index is 1470. The zero-order valence-corrected chi connectivity index (χ0v) is 18.6. The van der Waals surface area contributed by atoms with Crippen molar-refractivity contribution < 1.29 is 23.9 Å². The smallest absolute Gasteiger partial charge is 0.338 e. The zero-order chi connectivity index (χ0) is 24.5. The highest BCUT2D eigenvalue weighted by atomic mass is 16.5. The molecule has 0 radical (unpaired) electrons. The number of nitrogens with zero attached hydrogens (tertiary/aromatic N) is 2. The highest BCUT2D eigenvalue weighted by Crippen LogP contribution is 2.29. The summed E-state index contributed by atoms with van der Waals surface area (Å²) in [4.78, 5) is 50.8. The zero-order valence-electron chi connectivity index (χ0n) is 18.6. The van der Waals surface area contributed by atoms with Crippen molar-refractivity contribution >= 4 is 29.1 Å². The van der Waals surface area contributed by atoms with Gasteiger partial charge < -0.3 is 10.1 Å². The maximum absolute atomic E-state index is 12.9. The lowest BCUT2D eigenvalue weighted by Crippen LogP contribution is -2.30. The van der Waals surface area contributed by atoms with E-state index in [0.29, 0.717) is 16.8 Å². The first-order valence-corrected chi connectivity index (χ1v) is 10.9. The van der Waals surface area contributed by atoms with Crippen molar-refractivity contribution in [3.8, 4) is 5.69 Å². The summed E-state index contributed by atoms with van der Waals surface area (Å²) in [5, 5.41) is 6.77. The third-order valence-electron chi connectivity index (χ3n) is 5.72. The van der Waals surface area contributed by atoms with E-state index in [1.165, 1.54) is 19.1 Å². The van der Waals surface area contributed by atoms with Crippen LogP contribution in [-0.4, -0.2) is 39.3 Å². The van der Waals surface area contributed by atoms with Crippen molar-refractivity contribution in [2.45, 2.75) is 13.0 Å². The first-order chi connectivity index (χ1) is 16.9. The molecule has 1 heterocycles. The van der Waals surface area contributed by atoms with Gasteiger partial charge in [0, 0.05) is 40.3 Å². The molecule has 1 unspecified atom stereocenters. The Morgan fingerprint density at radius 3 is 2.17 bits per heavy atom. The minimum Gasteiger partial charge on any atom is -0.449 e. The molecule has 0 saturated carbocycles. The van der Waals surface area contributed by atoms with Gasteiger partial charge in [-0.3, -0.25) is 14.4 Å². The number of ether oxygens (including phenoxy) is 1. The molecule has 1 aliphatic carbocycles. The van der Waals surface area contributed by atoms with Crippen LogP contribution in [0, 0.1) is 0 Å². The molecule has 0 fully saturated rings. The fourth-order valence-electron chi connectivity index (χ4n) is 3.87.